The molecular weight excluding hydrogens is 174 g/mol. The molecule has 0 aliphatic carbocycles. The Balaban J connectivity index is 2.67. The van der Waals surface area contributed by atoms with E-state index in [1.807, 2.05) is 0 Å². The molecule has 0 aromatic rings. The van der Waals surface area contributed by atoms with Gasteiger partial charge in [0.2, 0.25) is 0 Å². The van der Waals surface area contributed by atoms with Crippen LogP contribution in [0.3, 0.4) is 0 Å². The van der Waals surface area contributed by atoms with E-state index in [0.717, 1.165) is 19.5 Å². The maximum absolute atomic E-state index is 11.4. The van der Waals surface area contributed by atoms with Crippen molar-refractivity contribution >= 4 is 5.78 Å². The maximum Gasteiger partial charge on any atom is 0.134 e. The minimum absolute atomic E-state index is 0.272. The molecule has 2 heteroatoms. The molecule has 1 aliphatic rings. The molecule has 1 saturated heterocycles. The van der Waals surface area contributed by atoms with E-state index in [2.05, 4.69) is 25.8 Å². The number of nitrogens with zero attached hydrogens (tertiary/aromatic N) is 1. The standard InChI is InChI=1S/C12H23NO/c1-5-12(3)7-6-11(10(2)14)8-13(4)9-12/h11H,5-9H2,1-4H3. The monoisotopic (exact) mass is 197 g/mol. The number of likely N-dealkylation sites (tertiary alicyclic amines) is 1. The molecule has 0 amide bonds. The molecule has 0 bridgehead atoms. The lowest BCUT2D eigenvalue weighted by Gasteiger charge is -2.29. The molecule has 1 heterocycles. The van der Waals surface area contributed by atoms with E-state index in [1.165, 1.54) is 12.8 Å². The van der Waals surface area contributed by atoms with Gasteiger partial charge in [-0.25, -0.2) is 0 Å². The summed E-state index contributed by atoms with van der Waals surface area (Å²) in [6, 6.07) is 0. The number of carbonyl (C=O) groups excluding carboxylic acids is 1. The van der Waals surface area contributed by atoms with Gasteiger partial charge in [0, 0.05) is 19.0 Å². The first kappa shape index (κ1) is 11.7. The van der Waals surface area contributed by atoms with Gasteiger partial charge in [-0.1, -0.05) is 13.8 Å². The second kappa shape index (κ2) is 4.43. The predicted octanol–water partition coefficient (Wildman–Crippen LogP) is 2.33. The van der Waals surface area contributed by atoms with Crippen molar-refractivity contribution < 1.29 is 4.79 Å². The van der Waals surface area contributed by atoms with Gasteiger partial charge in [0.1, 0.15) is 5.78 Å². The Bertz CT molecular complexity index is 214. The average Bonchev–Trinajstić information content (AvgIpc) is 2.25. The number of ketones is 1. The fraction of sp³-hybridized carbons (Fsp3) is 0.917. The summed E-state index contributed by atoms with van der Waals surface area (Å²) >= 11 is 0. The zero-order valence-corrected chi connectivity index (χ0v) is 9.97. The lowest BCUT2D eigenvalue weighted by molar-refractivity contribution is -0.121. The quantitative estimate of drug-likeness (QED) is 0.677. The van der Waals surface area contributed by atoms with Crippen molar-refractivity contribution in [2.45, 2.75) is 40.0 Å². The third-order valence-corrected chi connectivity index (χ3v) is 3.71. The van der Waals surface area contributed by atoms with Gasteiger partial charge in [0.05, 0.1) is 0 Å². The summed E-state index contributed by atoms with van der Waals surface area (Å²) in [6.07, 6.45) is 3.48. The summed E-state index contributed by atoms with van der Waals surface area (Å²) in [6.45, 7) is 8.40. The van der Waals surface area contributed by atoms with Gasteiger partial charge in [-0.05, 0) is 38.6 Å². The average molecular weight is 197 g/mol. The molecule has 0 spiro atoms. The van der Waals surface area contributed by atoms with Crippen LogP contribution >= 0.6 is 0 Å². The van der Waals surface area contributed by atoms with Crippen LogP contribution in [-0.4, -0.2) is 30.8 Å². The van der Waals surface area contributed by atoms with Gasteiger partial charge in [-0.15, -0.1) is 0 Å². The Morgan fingerprint density at radius 1 is 1.57 bits per heavy atom. The molecule has 0 N–H and O–H groups in total. The van der Waals surface area contributed by atoms with E-state index in [4.69, 9.17) is 0 Å². The predicted molar refractivity (Wildman–Crippen MR) is 59.3 cm³/mol. The number of hydrogen-bond acceptors (Lipinski definition) is 2. The summed E-state index contributed by atoms with van der Waals surface area (Å²) in [4.78, 5) is 13.7. The second-order valence-corrected chi connectivity index (χ2v) is 5.21. The highest BCUT2D eigenvalue weighted by Crippen LogP contribution is 2.33. The van der Waals surface area contributed by atoms with Gasteiger partial charge in [-0.3, -0.25) is 4.79 Å². The lowest BCUT2D eigenvalue weighted by atomic mass is 9.81. The summed E-state index contributed by atoms with van der Waals surface area (Å²) in [5.41, 5.74) is 0.416. The van der Waals surface area contributed by atoms with Gasteiger partial charge in [-0.2, -0.15) is 0 Å². The van der Waals surface area contributed by atoms with Crippen LogP contribution in [0.1, 0.15) is 40.0 Å². The van der Waals surface area contributed by atoms with Crippen LogP contribution in [0.25, 0.3) is 0 Å². The third kappa shape index (κ3) is 2.81. The van der Waals surface area contributed by atoms with Gasteiger partial charge in [0.15, 0.2) is 0 Å². The highest BCUT2D eigenvalue weighted by Gasteiger charge is 2.31. The molecule has 2 unspecified atom stereocenters. The summed E-state index contributed by atoms with van der Waals surface area (Å²) in [7, 11) is 2.13. The molecule has 0 radical (unpaired) electrons. The highest BCUT2D eigenvalue weighted by atomic mass is 16.1. The van der Waals surface area contributed by atoms with Crippen LogP contribution in [0.2, 0.25) is 0 Å². The molecular formula is C12H23NO. The SMILES string of the molecule is CCC1(C)CCC(C(C)=O)CN(C)C1. The summed E-state index contributed by atoms with van der Waals surface area (Å²) < 4.78 is 0. The van der Waals surface area contributed by atoms with Crippen LogP contribution < -0.4 is 0 Å². The summed E-state index contributed by atoms with van der Waals surface area (Å²) in [5, 5.41) is 0. The minimum atomic E-state index is 0.272. The second-order valence-electron chi connectivity index (χ2n) is 5.21. The first-order valence-electron chi connectivity index (χ1n) is 5.66. The van der Waals surface area contributed by atoms with E-state index < -0.39 is 0 Å². The van der Waals surface area contributed by atoms with Crippen molar-refractivity contribution in [1.82, 2.24) is 4.90 Å². The molecule has 1 fully saturated rings. The van der Waals surface area contributed by atoms with Crippen molar-refractivity contribution in [2.24, 2.45) is 11.3 Å². The topological polar surface area (TPSA) is 20.3 Å². The number of carbonyl (C=O) groups is 1. The molecule has 14 heavy (non-hydrogen) atoms. The Labute approximate surface area is 87.7 Å². The summed E-state index contributed by atoms with van der Waals surface area (Å²) in [5.74, 6) is 0.630. The fourth-order valence-corrected chi connectivity index (χ4v) is 2.41. The first-order chi connectivity index (χ1) is 6.47. The fourth-order valence-electron chi connectivity index (χ4n) is 2.41. The smallest absolute Gasteiger partial charge is 0.134 e. The van der Waals surface area contributed by atoms with Gasteiger partial charge < -0.3 is 4.90 Å². The Hall–Kier alpha value is -0.370. The van der Waals surface area contributed by atoms with Crippen molar-refractivity contribution in [3.05, 3.63) is 0 Å². The molecule has 0 saturated carbocycles. The molecule has 0 aromatic carbocycles. The van der Waals surface area contributed by atoms with Crippen LogP contribution in [0.4, 0.5) is 0 Å². The lowest BCUT2D eigenvalue weighted by Crippen LogP contribution is -2.32. The normalized spacial score (nSPS) is 35.3. The van der Waals surface area contributed by atoms with E-state index >= 15 is 0 Å². The number of rotatable bonds is 2. The van der Waals surface area contributed by atoms with Crippen molar-refractivity contribution in [2.75, 3.05) is 20.1 Å². The van der Waals surface area contributed by atoms with E-state index in [-0.39, 0.29) is 5.92 Å². The molecule has 1 rings (SSSR count). The Kier molecular flexibility index (Phi) is 3.71. The van der Waals surface area contributed by atoms with Crippen LogP contribution in [-0.2, 0) is 4.79 Å². The zero-order chi connectivity index (χ0) is 10.8. The van der Waals surface area contributed by atoms with Crippen LogP contribution in [0.5, 0.6) is 0 Å². The first-order valence-corrected chi connectivity index (χ1v) is 5.66. The molecule has 0 aromatic heterocycles. The van der Waals surface area contributed by atoms with Crippen LogP contribution in [0, 0.1) is 11.3 Å². The van der Waals surface area contributed by atoms with Gasteiger partial charge in [0.25, 0.3) is 0 Å². The highest BCUT2D eigenvalue weighted by molar-refractivity contribution is 5.78. The number of Topliss-reactive ketones (excluding diaryl/α,β-unsaturated/α-hetero) is 1. The Morgan fingerprint density at radius 2 is 2.21 bits per heavy atom. The number of hydrogen-bond donors (Lipinski definition) is 0. The van der Waals surface area contributed by atoms with Gasteiger partial charge >= 0.3 is 0 Å². The molecule has 2 nitrogen and oxygen atoms in total. The molecule has 2 atom stereocenters. The minimum Gasteiger partial charge on any atom is -0.305 e. The molecule has 82 valence electrons. The maximum atomic E-state index is 11.4. The molecule has 1 aliphatic heterocycles. The van der Waals surface area contributed by atoms with Crippen molar-refractivity contribution in [3.8, 4) is 0 Å². The van der Waals surface area contributed by atoms with Crippen LogP contribution in [0.15, 0.2) is 0 Å². The largest absolute Gasteiger partial charge is 0.305 e. The Morgan fingerprint density at radius 3 is 2.71 bits per heavy atom. The van der Waals surface area contributed by atoms with Crippen molar-refractivity contribution in [1.29, 1.82) is 0 Å². The third-order valence-electron chi connectivity index (χ3n) is 3.71. The van der Waals surface area contributed by atoms with E-state index in [1.54, 1.807) is 6.92 Å². The van der Waals surface area contributed by atoms with Crippen molar-refractivity contribution in [3.63, 3.8) is 0 Å². The van der Waals surface area contributed by atoms with E-state index in [0.29, 0.717) is 11.2 Å². The van der Waals surface area contributed by atoms with E-state index in [9.17, 15) is 4.79 Å². The zero-order valence-electron chi connectivity index (χ0n) is 9.97.